The average molecular weight is 537 g/mol. The molecule has 0 amide bonds. The maximum atomic E-state index is 12.6. The monoisotopic (exact) mass is 536 g/mol. The molecule has 3 aliphatic carbocycles. The molecule has 39 heavy (non-hydrogen) atoms. The number of ether oxygens (including phenoxy) is 5. The Balaban J connectivity index is 1.14. The van der Waals surface area contributed by atoms with Crippen LogP contribution in [-0.4, -0.2) is 55.2 Å². The highest BCUT2D eigenvalue weighted by atomic mass is 16.7. The van der Waals surface area contributed by atoms with Crippen LogP contribution in [0.25, 0.3) is 0 Å². The maximum absolute atomic E-state index is 12.6. The molecule has 1 aromatic carbocycles. The Bertz CT molecular complexity index is 1210. The molecule has 1 unspecified atom stereocenters. The van der Waals surface area contributed by atoms with Crippen molar-refractivity contribution in [3.63, 3.8) is 0 Å². The van der Waals surface area contributed by atoms with Crippen LogP contribution in [0.2, 0.25) is 0 Å². The molecular formula is C32H40O7. The Morgan fingerprint density at radius 3 is 2.54 bits per heavy atom. The average Bonchev–Trinajstić information content (AvgIpc) is 3.79. The molecule has 7 nitrogen and oxygen atoms in total. The van der Waals surface area contributed by atoms with Crippen LogP contribution in [0.5, 0.6) is 0 Å². The quantitative estimate of drug-likeness (QED) is 0.317. The van der Waals surface area contributed by atoms with Crippen LogP contribution in [0.4, 0.5) is 0 Å². The maximum Gasteiger partial charge on any atom is 0.334 e. The third-order valence-electron chi connectivity index (χ3n) is 10.9. The molecule has 7 heteroatoms. The number of cyclic esters (lactones) is 1. The zero-order valence-corrected chi connectivity index (χ0v) is 23.5. The Morgan fingerprint density at radius 1 is 1.10 bits per heavy atom. The van der Waals surface area contributed by atoms with Gasteiger partial charge in [0.15, 0.2) is 0 Å². The van der Waals surface area contributed by atoms with Gasteiger partial charge in [-0.05, 0) is 54.2 Å². The summed E-state index contributed by atoms with van der Waals surface area (Å²) in [7, 11) is 1.41. The minimum Gasteiger partial charge on any atom is -0.469 e. The van der Waals surface area contributed by atoms with Crippen molar-refractivity contribution in [3.05, 3.63) is 46.5 Å². The SMILES string of the molecule is CCCCC1=C([C@H]2C[C@]34C[C@H]3[C@@H]3O[C@]3(C(C)C)[C@@H](OCc3ccc(CC(=O)OC)cc3)[C@]43CC2O3)COC1=O. The number of carbonyl (C=O) groups excluding carboxylic acids is 2. The van der Waals surface area contributed by atoms with E-state index in [1.165, 1.54) is 12.7 Å². The van der Waals surface area contributed by atoms with Gasteiger partial charge in [0.25, 0.3) is 0 Å². The Labute approximate surface area is 230 Å². The van der Waals surface area contributed by atoms with E-state index >= 15 is 0 Å². The van der Waals surface area contributed by atoms with Crippen molar-refractivity contribution in [2.45, 2.75) is 102 Å². The molecule has 1 aromatic rings. The van der Waals surface area contributed by atoms with Crippen molar-refractivity contribution in [3.8, 4) is 0 Å². The summed E-state index contributed by atoms with van der Waals surface area (Å²) in [5.74, 6) is 0.718. The van der Waals surface area contributed by atoms with Gasteiger partial charge in [0.2, 0.25) is 0 Å². The number of hydrogen-bond donors (Lipinski definition) is 0. The summed E-state index contributed by atoms with van der Waals surface area (Å²) >= 11 is 0. The number of carbonyl (C=O) groups is 2. The molecule has 2 bridgehead atoms. The number of methoxy groups -OCH3 is 1. The summed E-state index contributed by atoms with van der Waals surface area (Å²) < 4.78 is 30.8. The van der Waals surface area contributed by atoms with Gasteiger partial charge in [-0.3, -0.25) is 4.79 Å². The molecule has 4 aliphatic heterocycles. The molecule has 4 heterocycles. The molecule has 3 saturated heterocycles. The first-order chi connectivity index (χ1) is 18.8. The summed E-state index contributed by atoms with van der Waals surface area (Å²) in [6.07, 6.45) is 6.46. The summed E-state index contributed by atoms with van der Waals surface area (Å²) in [5, 5.41) is 0. The van der Waals surface area contributed by atoms with Crippen LogP contribution in [0.3, 0.4) is 0 Å². The molecule has 7 aliphatic rings. The highest BCUT2D eigenvalue weighted by Gasteiger charge is 2.91. The molecule has 8 rings (SSSR count). The van der Waals surface area contributed by atoms with Crippen molar-refractivity contribution in [2.75, 3.05) is 13.7 Å². The number of benzene rings is 1. The predicted molar refractivity (Wildman–Crippen MR) is 142 cm³/mol. The molecular weight excluding hydrogens is 496 g/mol. The van der Waals surface area contributed by atoms with E-state index in [1.54, 1.807) is 0 Å². The summed E-state index contributed by atoms with van der Waals surface area (Å²) in [6.45, 7) is 7.56. The summed E-state index contributed by atoms with van der Waals surface area (Å²) in [6, 6.07) is 8.00. The van der Waals surface area contributed by atoms with Gasteiger partial charge in [0.05, 0.1) is 32.3 Å². The Morgan fingerprint density at radius 2 is 1.85 bits per heavy atom. The number of fused-ring (bicyclic) bond motifs is 3. The smallest absolute Gasteiger partial charge is 0.334 e. The molecule has 3 saturated carbocycles. The van der Waals surface area contributed by atoms with Gasteiger partial charge >= 0.3 is 11.9 Å². The number of epoxide rings is 1. The molecule has 6 fully saturated rings. The summed E-state index contributed by atoms with van der Waals surface area (Å²) in [4.78, 5) is 24.2. The van der Waals surface area contributed by atoms with Crippen molar-refractivity contribution in [2.24, 2.45) is 23.2 Å². The van der Waals surface area contributed by atoms with E-state index in [4.69, 9.17) is 23.7 Å². The third kappa shape index (κ3) is 3.51. The van der Waals surface area contributed by atoms with E-state index in [2.05, 4.69) is 20.8 Å². The van der Waals surface area contributed by atoms with Gasteiger partial charge < -0.3 is 23.7 Å². The minimum absolute atomic E-state index is 0.0511. The van der Waals surface area contributed by atoms with Crippen LogP contribution >= 0.6 is 0 Å². The lowest BCUT2D eigenvalue weighted by Gasteiger charge is -2.66. The fourth-order valence-electron chi connectivity index (χ4n) is 8.79. The van der Waals surface area contributed by atoms with E-state index in [-0.39, 0.29) is 59.2 Å². The van der Waals surface area contributed by atoms with Gasteiger partial charge in [-0.2, -0.15) is 0 Å². The fourth-order valence-corrected chi connectivity index (χ4v) is 8.79. The lowest BCUT2D eigenvalue weighted by molar-refractivity contribution is -0.349. The van der Waals surface area contributed by atoms with Crippen molar-refractivity contribution < 1.29 is 33.3 Å². The first-order valence-corrected chi connectivity index (χ1v) is 14.8. The van der Waals surface area contributed by atoms with E-state index < -0.39 is 0 Å². The van der Waals surface area contributed by atoms with E-state index in [9.17, 15) is 9.59 Å². The van der Waals surface area contributed by atoms with Gasteiger partial charge in [-0.1, -0.05) is 51.5 Å². The van der Waals surface area contributed by atoms with Crippen LogP contribution in [0.1, 0.15) is 70.4 Å². The molecule has 0 aromatic heterocycles. The van der Waals surface area contributed by atoms with E-state index in [0.29, 0.717) is 25.0 Å². The number of rotatable bonds is 10. The third-order valence-corrected chi connectivity index (χ3v) is 10.9. The Kier molecular flexibility index (Phi) is 5.86. The lowest BCUT2D eigenvalue weighted by atomic mass is 9.52. The molecule has 0 N–H and O–H groups in total. The minimum atomic E-state index is -0.325. The van der Waals surface area contributed by atoms with Gasteiger partial charge in [-0.25, -0.2) is 4.79 Å². The molecule has 8 atom stereocenters. The zero-order valence-electron chi connectivity index (χ0n) is 23.5. The van der Waals surface area contributed by atoms with Crippen LogP contribution in [0, 0.1) is 23.2 Å². The van der Waals surface area contributed by atoms with Gasteiger partial charge in [0.1, 0.15) is 23.9 Å². The largest absolute Gasteiger partial charge is 0.469 e. The Hall–Kier alpha value is -2.22. The van der Waals surface area contributed by atoms with Crippen molar-refractivity contribution in [1.29, 1.82) is 0 Å². The number of esters is 2. The molecule has 210 valence electrons. The van der Waals surface area contributed by atoms with Crippen LogP contribution < -0.4 is 0 Å². The second kappa shape index (κ2) is 8.89. The fraction of sp³-hybridized carbons (Fsp3) is 0.688. The van der Waals surface area contributed by atoms with Crippen molar-refractivity contribution >= 4 is 11.9 Å². The number of unbranched alkanes of at least 4 members (excludes halogenated alkanes) is 1. The van der Waals surface area contributed by atoms with Gasteiger partial charge in [-0.15, -0.1) is 0 Å². The second-order valence-corrected chi connectivity index (χ2v) is 13.0. The molecule has 2 spiro atoms. The standard InChI is InChI=1S/C32H40O7/c1-5-6-7-21-23(17-36-28(21)34)22-13-30-14-24(30)27-32(39-27,18(2)3)29(31(30)15-25(22)38-31)37-16-20-10-8-19(9-11-20)12-26(33)35-4/h8-11,18,22,24-25,27,29H,5-7,12-17H2,1-4H3/t22-,24+,25?,27+,29+,30+,31-,32+/m1/s1. The normalized spacial score (nSPS) is 40.8. The molecule has 0 radical (unpaired) electrons. The highest BCUT2D eigenvalue weighted by molar-refractivity contribution is 5.92. The zero-order chi connectivity index (χ0) is 27.2. The van der Waals surface area contributed by atoms with Crippen LogP contribution in [0.15, 0.2) is 35.4 Å². The topological polar surface area (TPSA) is 83.6 Å². The summed E-state index contributed by atoms with van der Waals surface area (Å²) in [5.41, 5.74) is 3.54. The lowest BCUT2D eigenvalue weighted by Crippen LogP contribution is -2.75. The van der Waals surface area contributed by atoms with Crippen molar-refractivity contribution in [1.82, 2.24) is 0 Å². The first-order valence-electron chi connectivity index (χ1n) is 14.8. The first kappa shape index (κ1) is 25.7. The second-order valence-electron chi connectivity index (χ2n) is 13.0. The predicted octanol–water partition coefficient (Wildman–Crippen LogP) is 4.69. The van der Waals surface area contributed by atoms with E-state index in [0.717, 1.165) is 55.2 Å². The number of hydrogen-bond acceptors (Lipinski definition) is 7. The van der Waals surface area contributed by atoms with Gasteiger partial charge in [0, 0.05) is 23.3 Å². The highest BCUT2D eigenvalue weighted by Crippen LogP contribution is 2.83. The van der Waals surface area contributed by atoms with Crippen LogP contribution in [-0.2, 0) is 46.3 Å². The van der Waals surface area contributed by atoms with E-state index in [1.807, 2.05) is 24.3 Å².